The van der Waals surface area contributed by atoms with Gasteiger partial charge in [0.15, 0.2) is 0 Å². The van der Waals surface area contributed by atoms with Crippen LogP contribution >= 0.6 is 0 Å². The highest BCUT2D eigenvalue weighted by atomic mass is 16.5. The van der Waals surface area contributed by atoms with Gasteiger partial charge in [0.05, 0.1) is 37.0 Å². The van der Waals surface area contributed by atoms with Gasteiger partial charge in [-0.2, -0.15) is 0 Å². The van der Waals surface area contributed by atoms with Crippen molar-refractivity contribution in [3.05, 3.63) is 72.6 Å². The largest absolute Gasteiger partial charge is 0.491 e. The van der Waals surface area contributed by atoms with Gasteiger partial charge in [-0.25, -0.2) is 14.6 Å². The molecule has 0 spiro atoms. The molecule has 0 saturated heterocycles. The van der Waals surface area contributed by atoms with Crippen LogP contribution in [0.2, 0.25) is 0 Å². The van der Waals surface area contributed by atoms with E-state index < -0.39 is 0 Å². The molecule has 0 amide bonds. The first-order valence-electron chi connectivity index (χ1n) is 11.2. The lowest BCUT2D eigenvalue weighted by atomic mass is 10.2. The monoisotopic (exact) mass is 471 g/mol. The molecule has 178 valence electrons. The molecule has 0 fully saturated rings. The first-order chi connectivity index (χ1) is 17.1. The van der Waals surface area contributed by atoms with Crippen LogP contribution in [0.15, 0.2) is 66.9 Å². The van der Waals surface area contributed by atoms with Gasteiger partial charge in [0.2, 0.25) is 0 Å². The highest BCUT2D eigenvalue weighted by Gasteiger charge is 2.05. The lowest BCUT2D eigenvalue weighted by Gasteiger charge is -2.08. The number of nitrogen functional groups attached to an aromatic ring is 2. The molecular weight excluding hydrogens is 446 g/mol. The van der Waals surface area contributed by atoms with Crippen LogP contribution in [0.1, 0.15) is 5.69 Å². The van der Waals surface area contributed by atoms with Crippen molar-refractivity contribution < 1.29 is 14.2 Å². The molecule has 0 aliphatic rings. The standard InChI is InChI=1S/C25H25N7O3/c26-24-7-1-17-13-20(3-5-22(17)28-24)34-12-11-33-10-9-32-15-19(30-31-32)16-35-21-4-6-23-18(14-21)2-8-25(27)29-23/h1-8,13-15H,9-12,16H2,(H2,26,28)(H2,27,29). The number of aromatic nitrogens is 5. The number of pyridine rings is 2. The van der Waals surface area contributed by atoms with Gasteiger partial charge < -0.3 is 25.7 Å². The van der Waals surface area contributed by atoms with Crippen LogP contribution in [0.3, 0.4) is 0 Å². The maximum absolute atomic E-state index is 5.84. The van der Waals surface area contributed by atoms with Crippen LogP contribution in [0.5, 0.6) is 11.5 Å². The van der Waals surface area contributed by atoms with E-state index in [1.807, 2.05) is 54.7 Å². The van der Waals surface area contributed by atoms with Gasteiger partial charge in [-0.15, -0.1) is 5.10 Å². The third-order valence-corrected chi connectivity index (χ3v) is 5.30. The average molecular weight is 472 g/mol. The van der Waals surface area contributed by atoms with Crippen molar-refractivity contribution in [1.82, 2.24) is 25.0 Å². The summed E-state index contributed by atoms with van der Waals surface area (Å²) in [6, 6.07) is 18.7. The number of ether oxygens (including phenoxy) is 3. The van der Waals surface area contributed by atoms with Crippen molar-refractivity contribution >= 4 is 33.4 Å². The summed E-state index contributed by atoms with van der Waals surface area (Å²) in [4.78, 5) is 8.56. The van der Waals surface area contributed by atoms with Gasteiger partial charge in [-0.3, -0.25) is 0 Å². The van der Waals surface area contributed by atoms with Crippen molar-refractivity contribution in [2.24, 2.45) is 0 Å². The smallest absolute Gasteiger partial charge is 0.134 e. The normalized spacial score (nSPS) is 11.2. The lowest BCUT2D eigenvalue weighted by Crippen LogP contribution is -2.11. The van der Waals surface area contributed by atoms with E-state index in [2.05, 4.69) is 20.3 Å². The summed E-state index contributed by atoms with van der Waals surface area (Å²) < 4.78 is 19.0. The summed E-state index contributed by atoms with van der Waals surface area (Å²) in [5.41, 5.74) is 13.8. The Bertz CT molecular complexity index is 1450. The molecule has 5 rings (SSSR count). The Hall–Kier alpha value is -4.44. The zero-order valence-electron chi connectivity index (χ0n) is 19.0. The molecule has 0 unspecified atom stereocenters. The Morgan fingerprint density at radius 3 is 2.06 bits per heavy atom. The van der Waals surface area contributed by atoms with Crippen molar-refractivity contribution in [3.8, 4) is 11.5 Å². The van der Waals surface area contributed by atoms with Crippen molar-refractivity contribution in [1.29, 1.82) is 0 Å². The molecular formula is C25H25N7O3. The number of hydrogen-bond acceptors (Lipinski definition) is 9. The Balaban J connectivity index is 1.02. The molecule has 0 radical (unpaired) electrons. The topological polar surface area (TPSA) is 136 Å². The van der Waals surface area contributed by atoms with Gasteiger partial charge in [-0.05, 0) is 60.7 Å². The zero-order valence-corrected chi connectivity index (χ0v) is 19.0. The number of hydrogen-bond donors (Lipinski definition) is 2. The number of nitrogens with zero attached hydrogens (tertiary/aromatic N) is 5. The summed E-state index contributed by atoms with van der Waals surface area (Å²) in [6.45, 7) is 2.30. The molecule has 10 heteroatoms. The van der Waals surface area contributed by atoms with Crippen LogP contribution in [-0.2, 0) is 17.9 Å². The molecule has 0 aliphatic carbocycles. The highest BCUT2D eigenvalue weighted by Crippen LogP contribution is 2.22. The highest BCUT2D eigenvalue weighted by molar-refractivity contribution is 5.82. The Labute approximate surface area is 201 Å². The maximum atomic E-state index is 5.84. The molecule has 0 atom stereocenters. The summed E-state index contributed by atoms with van der Waals surface area (Å²) in [7, 11) is 0. The molecule has 5 aromatic rings. The molecule has 3 heterocycles. The van der Waals surface area contributed by atoms with Crippen LogP contribution in [-0.4, -0.2) is 44.8 Å². The third-order valence-electron chi connectivity index (χ3n) is 5.30. The second kappa shape index (κ2) is 10.2. The Kier molecular flexibility index (Phi) is 6.53. The molecule has 0 bridgehead atoms. The van der Waals surface area contributed by atoms with E-state index in [1.54, 1.807) is 16.8 Å². The first kappa shape index (κ1) is 22.4. The predicted octanol–water partition coefficient (Wildman–Crippen LogP) is 3.21. The van der Waals surface area contributed by atoms with Gasteiger partial charge in [0.1, 0.15) is 42.0 Å². The number of anilines is 2. The molecule has 2 aromatic carbocycles. The van der Waals surface area contributed by atoms with Gasteiger partial charge in [0, 0.05) is 10.8 Å². The van der Waals surface area contributed by atoms with E-state index in [4.69, 9.17) is 25.7 Å². The summed E-state index contributed by atoms with van der Waals surface area (Å²) in [5.74, 6) is 2.49. The minimum Gasteiger partial charge on any atom is -0.491 e. The van der Waals surface area contributed by atoms with E-state index >= 15 is 0 Å². The minimum absolute atomic E-state index is 0.316. The van der Waals surface area contributed by atoms with E-state index in [-0.39, 0.29) is 0 Å². The lowest BCUT2D eigenvalue weighted by molar-refractivity contribution is 0.0924. The number of rotatable bonds is 10. The first-order valence-corrected chi connectivity index (χ1v) is 11.2. The Morgan fingerprint density at radius 1 is 0.714 bits per heavy atom. The molecule has 3 aromatic heterocycles. The van der Waals surface area contributed by atoms with Crippen molar-refractivity contribution in [2.75, 3.05) is 31.3 Å². The van der Waals surface area contributed by atoms with Gasteiger partial charge >= 0.3 is 0 Å². The summed E-state index contributed by atoms with van der Waals surface area (Å²) >= 11 is 0. The van der Waals surface area contributed by atoms with Gasteiger partial charge in [-0.1, -0.05) is 5.21 Å². The quantitative estimate of drug-likeness (QED) is 0.294. The van der Waals surface area contributed by atoms with Crippen LogP contribution < -0.4 is 20.9 Å². The fourth-order valence-corrected chi connectivity index (χ4v) is 3.57. The molecule has 0 saturated carbocycles. The van der Waals surface area contributed by atoms with Crippen molar-refractivity contribution in [2.45, 2.75) is 13.2 Å². The second-order valence-electron chi connectivity index (χ2n) is 7.90. The van der Waals surface area contributed by atoms with E-state index in [1.165, 1.54) is 0 Å². The summed E-state index contributed by atoms with van der Waals surface area (Å²) in [6.07, 6.45) is 1.85. The Morgan fingerprint density at radius 2 is 1.37 bits per heavy atom. The zero-order chi connectivity index (χ0) is 24.0. The number of benzene rings is 2. The van der Waals surface area contributed by atoms with Crippen LogP contribution in [0, 0.1) is 0 Å². The van der Waals surface area contributed by atoms with Crippen LogP contribution in [0.25, 0.3) is 21.8 Å². The second-order valence-corrected chi connectivity index (χ2v) is 7.90. The predicted molar refractivity (Wildman–Crippen MR) is 133 cm³/mol. The summed E-state index contributed by atoms with van der Waals surface area (Å²) in [5, 5.41) is 10.2. The fraction of sp³-hybridized carbons (Fsp3) is 0.200. The molecule has 0 aliphatic heterocycles. The van der Waals surface area contributed by atoms with E-state index in [0.29, 0.717) is 44.6 Å². The maximum Gasteiger partial charge on any atom is 0.134 e. The minimum atomic E-state index is 0.316. The molecule has 10 nitrogen and oxygen atoms in total. The SMILES string of the molecule is Nc1ccc2cc(OCCOCCn3cc(COc4ccc5nc(N)ccc5c4)nn3)ccc2n1. The van der Waals surface area contributed by atoms with E-state index in [0.717, 1.165) is 39.0 Å². The number of nitrogens with two attached hydrogens (primary N) is 2. The molecule has 35 heavy (non-hydrogen) atoms. The number of fused-ring (bicyclic) bond motifs is 2. The van der Waals surface area contributed by atoms with Crippen LogP contribution in [0.4, 0.5) is 11.6 Å². The van der Waals surface area contributed by atoms with E-state index in [9.17, 15) is 0 Å². The van der Waals surface area contributed by atoms with Gasteiger partial charge in [0.25, 0.3) is 0 Å². The third kappa shape index (κ3) is 5.74. The van der Waals surface area contributed by atoms with Crippen molar-refractivity contribution in [3.63, 3.8) is 0 Å². The average Bonchev–Trinajstić information content (AvgIpc) is 3.32. The molecule has 4 N–H and O–H groups in total. The fourth-order valence-electron chi connectivity index (χ4n) is 3.57.